The number of alkyl halides is 2. The summed E-state index contributed by atoms with van der Waals surface area (Å²) in [7, 11) is 0. The van der Waals surface area contributed by atoms with Crippen LogP contribution in [0.5, 0.6) is 0 Å². The second kappa shape index (κ2) is 9.65. The first-order valence-electron chi connectivity index (χ1n) is 11.3. The molecule has 1 saturated carbocycles. The Morgan fingerprint density at radius 3 is 2.81 bits per heavy atom. The van der Waals surface area contributed by atoms with Gasteiger partial charge in [0.05, 0.1) is 29.2 Å². The number of aromatic nitrogens is 5. The molecule has 0 atom stereocenters. The Morgan fingerprint density at radius 2 is 2.08 bits per heavy atom. The molecule has 36 heavy (non-hydrogen) atoms. The number of rotatable bonds is 8. The summed E-state index contributed by atoms with van der Waals surface area (Å²) in [4.78, 5) is 29.2. The molecule has 0 saturated heterocycles. The highest BCUT2D eigenvalue weighted by molar-refractivity contribution is 6.32. The van der Waals surface area contributed by atoms with Gasteiger partial charge < -0.3 is 10.1 Å². The highest BCUT2D eigenvalue weighted by atomic mass is 35.5. The molecule has 1 aliphatic rings. The molecular formula is C24H21ClF2N6O3. The third-order valence-electron chi connectivity index (χ3n) is 5.76. The summed E-state index contributed by atoms with van der Waals surface area (Å²) in [5.41, 5.74) is 2.40. The molecule has 3 heterocycles. The Labute approximate surface area is 209 Å². The molecule has 186 valence electrons. The molecule has 1 aliphatic carbocycles. The van der Waals surface area contributed by atoms with Crippen LogP contribution in [0, 0.1) is 0 Å². The minimum Gasteiger partial charge on any atom is -0.462 e. The van der Waals surface area contributed by atoms with E-state index in [9.17, 15) is 18.4 Å². The molecule has 1 N–H and O–H groups in total. The third-order valence-corrected chi connectivity index (χ3v) is 6.15. The van der Waals surface area contributed by atoms with Gasteiger partial charge in [-0.3, -0.25) is 9.48 Å². The normalized spacial score (nSPS) is 13.4. The van der Waals surface area contributed by atoms with Crippen LogP contribution in [0.25, 0.3) is 16.9 Å². The zero-order valence-corrected chi connectivity index (χ0v) is 19.9. The van der Waals surface area contributed by atoms with Gasteiger partial charge in [0.2, 0.25) is 5.91 Å². The number of halogens is 3. The number of nitrogens with zero attached hydrogens (tertiary/aromatic N) is 5. The first-order valence-corrected chi connectivity index (χ1v) is 11.7. The standard InChI is InChI=1S/C24H21ClF2N6O3/c1-2-36-24(35)16-11-29-33-17(8-9-28-23(16)33)14-4-3-5-15(10-14)30-18(34)12-32-21(13-6-7-13)19(25)20(31-32)22(26)27/h3-5,8-11,13,22H,2,6-7,12H2,1H3,(H,30,34). The van der Waals surface area contributed by atoms with Crippen molar-refractivity contribution in [3.8, 4) is 11.3 Å². The number of nitrogens with one attached hydrogen (secondary N) is 1. The van der Waals surface area contributed by atoms with Crippen molar-refractivity contribution in [3.63, 3.8) is 0 Å². The summed E-state index contributed by atoms with van der Waals surface area (Å²) in [5.74, 6) is -0.911. The first kappa shape index (κ1) is 23.9. The van der Waals surface area contributed by atoms with Crippen molar-refractivity contribution >= 4 is 34.8 Å². The van der Waals surface area contributed by atoms with Crippen molar-refractivity contribution in [2.45, 2.75) is 38.7 Å². The molecule has 0 bridgehead atoms. The molecule has 5 rings (SSSR count). The molecule has 1 aromatic carbocycles. The lowest BCUT2D eigenvalue weighted by molar-refractivity contribution is -0.117. The molecule has 1 fully saturated rings. The number of hydrogen-bond donors (Lipinski definition) is 1. The number of esters is 1. The average molecular weight is 515 g/mol. The maximum Gasteiger partial charge on any atom is 0.343 e. The van der Waals surface area contributed by atoms with Crippen LogP contribution in [-0.4, -0.2) is 42.9 Å². The van der Waals surface area contributed by atoms with Gasteiger partial charge >= 0.3 is 5.97 Å². The van der Waals surface area contributed by atoms with Gasteiger partial charge in [0.15, 0.2) is 5.65 Å². The Hall–Kier alpha value is -3.86. The van der Waals surface area contributed by atoms with E-state index in [4.69, 9.17) is 16.3 Å². The summed E-state index contributed by atoms with van der Waals surface area (Å²) >= 11 is 6.14. The van der Waals surface area contributed by atoms with Crippen molar-refractivity contribution < 1.29 is 23.1 Å². The number of ether oxygens (including phenoxy) is 1. The van der Waals surface area contributed by atoms with Crippen LogP contribution in [-0.2, 0) is 16.1 Å². The Balaban J connectivity index is 1.38. The van der Waals surface area contributed by atoms with E-state index < -0.39 is 24.0 Å². The summed E-state index contributed by atoms with van der Waals surface area (Å²) in [6, 6.07) is 8.75. The molecule has 0 radical (unpaired) electrons. The van der Waals surface area contributed by atoms with Crippen molar-refractivity contribution in [3.05, 3.63) is 64.7 Å². The molecule has 0 unspecified atom stereocenters. The minimum absolute atomic E-state index is 0.0382. The lowest BCUT2D eigenvalue weighted by atomic mass is 10.1. The fourth-order valence-electron chi connectivity index (χ4n) is 4.03. The smallest absolute Gasteiger partial charge is 0.343 e. The maximum atomic E-state index is 13.3. The van der Waals surface area contributed by atoms with Crippen molar-refractivity contribution in [2.75, 3.05) is 11.9 Å². The maximum absolute atomic E-state index is 13.3. The number of carbonyl (C=O) groups is 2. The summed E-state index contributed by atoms with van der Waals surface area (Å²) in [6.45, 7) is 1.70. The van der Waals surface area contributed by atoms with Gasteiger partial charge in [-0.15, -0.1) is 0 Å². The highest BCUT2D eigenvalue weighted by Crippen LogP contribution is 2.45. The second-order valence-corrected chi connectivity index (χ2v) is 8.67. The Bertz CT molecular complexity index is 1460. The van der Waals surface area contributed by atoms with Crippen LogP contribution >= 0.6 is 11.6 Å². The Morgan fingerprint density at radius 1 is 1.28 bits per heavy atom. The number of anilines is 1. The zero-order valence-electron chi connectivity index (χ0n) is 19.1. The molecular weight excluding hydrogens is 494 g/mol. The number of fused-ring (bicyclic) bond motifs is 1. The van der Waals surface area contributed by atoms with Gasteiger partial charge in [-0.2, -0.15) is 10.2 Å². The molecule has 0 spiro atoms. The van der Waals surface area contributed by atoms with Crippen molar-refractivity contribution in [1.82, 2.24) is 24.4 Å². The van der Waals surface area contributed by atoms with Crippen LogP contribution < -0.4 is 5.32 Å². The molecule has 1 amide bonds. The lowest BCUT2D eigenvalue weighted by Crippen LogP contribution is -2.21. The van der Waals surface area contributed by atoms with E-state index in [-0.39, 0.29) is 29.7 Å². The van der Waals surface area contributed by atoms with Gasteiger partial charge in [0.1, 0.15) is 17.8 Å². The molecule has 3 aromatic heterocycles. The van der Waals surface area contributed by atoms with E-state index in [1.165, 1.54) is 15.4 Å². The van der Waals surface area contributed by atoms with E-state index in [1.807, 2.05) is 6.07 Å². The van der Waals surface area contributed by atoms with E-state index in [2.05, 4.69) is 20.5 Å². The number of hydrogen-bond acceptors (Lipinski definition) is 6. The predicted molar refractivity (Wildman–Crippen MR) is 127 cm³/mol. The second-order valence-electron chi connectivity index (χ2n) is 8.29. The van der Waals surface area contributed by atoms with Gasteiger partial charge in [0, 0.05) is 23.4 Å². The molecule has 9 nitrogen and oxygen atoms in total. The van der Waals surface area contributed by atoms with Gasteiger partial charge in [-0.25, -0.2) is 23.1 Å². The number of carbonyl (C=O) groups excluding carboxylic acids is 2. The van der Waals surface area contributed by atoms with Crippen LogP contribution in [0.3, 0.4) is 0 Å². The fraction of sp³-hybridized carbons (Fsp3) is 0.292. The van der Waals surface area contributed by atoms with E-state index in [1.54, 1.807) is 37.4 Å². The molecule has 0 aliphatic heterocycles. The van der Waals surface area contributed by atoms with E-state index >= 15 is 0 Å². The van der Waals surface area contributed by atoms with E-state index in [0.29, 0.717) is 28.3 Å². The number of amides is 1. The molecule has 4 aromatic rings. The van der Waals surface area contributed by atoms with Crippen LogP contribution in [0.2, 0.25) is 5.02 Å². The van der Waals surface area contributed by atoms with Crippen LogP contribution in [0.4, 0.5) is 14.5 Å². The summed E-state index contributed by atoms with van der Waals surface area (Å²) < 4.78 is 34.4. The topological polar surface area (TPSA) is 103 Å². The summed E-state index contributed by atoms with van der Waals surface area (Å²) in [5, 5.41) is 10.9. The van der Waals surface area contributed by atoms with Crippen LogP contribution in [0.15, 0.2) is 42.7 Å². The van der Waals surface area contributed by atoms with Gasteiger partial charge in [0.25, 0.3) is 6.43 Å². The zero-order chi connectivity index (χ0) is 25.4. The van der Waals surface area contributed by atoms with E-state index in [0.717, 1.165) is 12.8 Å². The largest absolute Gasteiger partial charge is 0.462 e. The highest BCUT2D eigenvalue weighted by Gasteiger charge is 2.34. The van der Waals surface area contributed by atoms with Crippen LogP contribution in [0.1, 0.15) is 53.9 Å². The van der Waals surface area contributed by atoms with Crippen molar-refractivity contribution in [1.29, 1.82) is 0 Å². The summed E-state index contributed by atoms with van der Waals surface area (Å²) in [6.07, 6.45) is 1.78. The Kier molecular flexibility index (Phi) is 6.40. The number of benzene rings is 1. The average Bonchev–Trinajstić information content (AvgIpc) is 3.49. The first-order chi connectivity index (χ1) is 17.4. The SMILES string of the molecule is CCOC(=O)c1cnn2c(-c3cccc(NC(=O)Cn4nc(C(F)F)c(Cl)c4C4CC4)c3)ccnc12. The fourth-order valence-corrected chi connectivity index (χ4v) is 4.41. The lowest BCUT2D eigenvalue weighted by Gasteiger charge is -2.10. The quantitative estimate of drug-likeness (QED) is 0.336. The predicted octanol–water partition coefficient (Wildman–Crippen LogP) is 4.88. The third kappa shape index (κ3) is 4.53. The molecule has 12 heteroatoms. The van der Waals surface area contributed by atoms with Gasteiger partial charge in [-0.05, 0) is 38.0 Å². The van der Waals surface area contributed by atoms with Gasteiger partial charge in [-0.1, -0.05) is 23.7 Å². The minimum atomic E-state index is -2.82. The monoisotopic (exact) mass is 514 g/mol. The van der Waals surface area contributed by atoms with Crippen molar-refractivity contribution in [2.24, 2.45) is 0 Å².